The highest BCUT2D eigenvalue weighted by Crippen LogP contribution is 2.32. The lowest BCUT2D eigenvalue weighted by atomic mass is 9.79. The number of imide groups is 1. The van der Waals surface area contributed by atoms with Gasteiger partial charge in [-0.2, -0.15) is 0 Å². The van der Waals surface area contributed by atoms with Crippen molar-refractivity contribution in [3.05, 3.63) is 0 Å². The van der Waals surface area contributed by atoms with Gasteiger partial charge in [-0.15, -0.1) is 0 Å². The van der Waals surface area contributed by atoms with Crippen LogP contribution in [0.15, 0.2) is 0 Å². The average Bonchev–Trinajstić information content (AvgIpc) is 3.04. The first-order chi connectivity index (χ1) is 10.0. The molecule has 0 unspecified atom stereocenters. The molecule has 1 N–H and O–H groups in total. The molecule has 0 spiro atoms. The molecular weight excluding hydrogens is 270 g/mol. The highest BCUT2D eigenvalue weighted by atomic mass is 16.5. The zero-order valence-electron chi connectivity index (χ0n) is 12.9. The molecule has 118 valence electrons. The Labute approximate surface area is 125 Å². The average molecular weight is 295 g/mol. The van der Waals surface area contributed by atoms with Gasteiger partial charge < -0.3 is 15.0 Å². The lowest BCUT2D eigenvalue weighted by molar-refractivity contribution is -0.132. The highest BCUT2D eigenvalue weighted by Gasteiger charge is 2.51. The van der Waals surface area contributed by atoms with E-state index >= 15 is 0 Å². The summed E-state index contributed by atoms with van der Waals surface area (Å²) in [6, 6.07) is -0.274. The third-order valence-corrected chi connectivity index (χ3v) is 5.28. The first-order valence-corrected chi connectivity index (χ1v) is 7.91. The summed E-state index contributed by atoms with van der Waals surface area (Å²) in [5, 5.41) is 2.90. The van der Waals surface area contributed by atoms with Crippen LogP contribution in [0.2, 0.25) is 0 Å². The Morgan fingerprint density at radius 3 is 2.81 bits per heavy atom. The van der Waals surface area contributed by atoms with Crippen molar-refractivity contribution < 1.29 is 14.3 Å². The van der Waals surface area contributed by atoms with Crippen LogP contribution in [0.1, 0.15) is 26.2 Å². The van der Waals surface area contributed by atoms with Crippen LogP contribution in [0.3, 0.4) is 0 Å². The van der Waals surface area contributed by atoms with Gasteiger partial charge in [0.05, 0.1) is 6.61 Å². The van der Waals surface area contributed by atoms with E-state index in [-0.39, 0.29) is 17.9 Å². The van der Waals surface area contributed by atoms with Crippen molar-refractivity contribution in [1.82, 2.24) is 15.1 Å². The molecule has 21 heavy (non-hydrogen) atoms. The summed E-state index contributed by atoms with van der Waals surface area (Å²) in [5.41, 5.74) is -0.739. The minimum absolute atomic E-state index is 0.0939. The maximum Gasteiger partial charge on any atom is 0.324 e. The second kappa shape index (κ2) is 5.57. The van der Waals surface area contributed by atoms with E-state index in [0.29, 0.717) is 5.92 Å². The minimum atomic E-state index is -0.739. The molecule has 0 radical (unpaired) electrons. The zero-order valence-corrected chi connectivity index (χ0v) is 12.9. The largest absolute Gasteiger partial charge is 0.381 e. The van der Waals surface area contributed by atoms with Crippen molar-refractivity contribution >= 4 is 11.9 Å². The van der Waals surface area contributed by atoms with Crippen molar-refractivity contribution in [2.24, 2.45) is 11.8 Å². The number of ether oxygens (including phenoxy) is 1. The molecule has 3 aliphatic heterocycles. The molecule has 3 amide bonds. The van der Waals surface area contributed by atoms with Crippen LogP contribution in [0.25, 0.3) is 0 Å². The fourth-order valence-corrected chi connectivity index (χ4v) is 3.86. The molecule has 3 atom stereocenters. The van der Waals surface area contributed by atoms with Gasteiger partial charge in [0.25, 0.3) is 5.91 Å². The van der Waals surface area contributed by atoms with E-state index in [1.54, 1.807) is 7.05 Å². The van der Waals surface area contributed by atoms with Gasteiger partial charge in [0.2, 0.25) is 0 Å². The van der Waals surface area contributed by atoms with Crippen molar-refractivity contribution in [1.29, 1.82) is 0 Å². The highest BCUT2D eigenvalue weighted by molar-refractivity contribution is 6.06. The van der Waals surface area contributed by atoms with Gasteiger partial charge in [0, 0.05) is 32.7 Å². The molecule has 0 aromatic heterocycles. The van der Waals surface area contributed by atoms with Crippen LogP contribution in [-0.4, -0.2) is 67.2 Å². The quantitative estimate of drug-likeness (QED) is 0.778. The van der Waals surface area contributed by atoms with Crippen LogP contribution in [0.4, 0.5) is 4.79 Å². The van der Waals surface area contributed by atoms with Crippen LogP contribution in [0.5, 0.6) is 0 Å². The molecule has 6 nitrogen and oxygen atoms in total. The lowest BCUT2D eigenvalue weighted by Gasteiger charge is -2.40. The van der Waals surface area contributed by atoms with Crippen LogP contribution in [0, 0.1) is 11.8 Å². The monoisotopic (exact) mass is 295 g/mol. The normalized spacial score (nSPS) is 38.1. The van der Waals surface area contributed by atoms with Gasteiger partial charge in [-0.05, 0) is 38.6 Å². The smallest absolute Gasteiger partial charge is 0.324 e. The molecule has 3 saturated heterocycles. The van der Waals surface area contributed by atoms with E-state index in [0.717, 1.165) is 52.1 Å². The van der Waals surface area contributed by atoms with Gasteiger partial charge in [0.1, 0.15) is 5.54 Å². The summed E-state index contributed by atoms with van der Waals surface area (Å²) >= 11 is 0. The number of amides is 3. The Hall–Kier alpha value is -1.14. The second-order valence-corrected chi connectivity index (χ2v) is 6.83. The topological polar surface area (TPSA) is 61.9 Å². The molecule has 0 aromatic rings. The molecule has 3 heterocycles. The summed E-state index contributed by atoms with van der Waals surface area (Å²) in [5.74, 6) is 0.714. The van der Waals surface area contributed by atoms with Crippen molar-refractivity contribution in [2.75, 3.05) is 39.9 Å². The number of hydrogen-bond donors (Lipinski definition) is 1. The van der Waals surface area contributed by atoms with Gasteiger partial charge in [-0.25, -0.2) is 4.79 Å². The van der Waals surface area contributed by atoms with E-state index in [9.17, 15) is 9.59 Å². The van der Waals surface area contributed by atoms with E-state index in [2.05, 4.69) is 10.2 Å². The summed E-state index contributed by atoms with van der Waals surface area (Å²) in [6.45, 7) is 6.62. The molecule has 0 saturated carbocycles. The summed E-state index contributed by atoms with van der Waals surface area (Å²) < 4.78 is 5.45. The Bertz CT molecular complexity index is 436. The van der Waals surface area contributed by atoms with Crippen molar-refractivity contribution in [3.8, 4) is 0 Å². The molecule has 0 bridgehead atoms. The first kappa shape index (κ1) is 14.8. The number of likely N-dealkylation sites (N-methyl/N-ethyl adjacent to an activating group) is 1. The summed E-state index contributed by atoms with van der Waals surface area (Å²) in [6.07, 6.45) is 3.21. The van der Waals surface area contributed by atoms with Gasteiger partial charge >= 0.3 is 6.03 Å². The number of hydrogen-bond acceptors (Lipinski definition) is 4. The Morgan fingerprint density at radius 2 is 2.19 bits per heavy atom. The SMILES string of the molecule is CN1C(=O)N[C@](C)([C@H]2CCCN(C[C@H]3CCOC3)C2)C1=O. The van der Waals surface area contributed by atoms with Gasteiger partial charge in [-0.1, -0.05) is 0 Å². The number of piperidine rings is 1. The van der Waals surface area contributed by atoms with Gasteiger partial charge in [0.15, 0.2) is 0 Å². The van der Waals surface area contributed by atoms with Crippen LogP contribution >= 0.6 is 0 Å². The number of carbonyl (C=O) groups is 2. The molecule has 0 aliphatic carbocycles. The number of nitrogens with one attached hydrogen (secondary N) is 1. The fourth-order valence-electron chi connectivity index (χ4n) is 3.86. The summed E-state index contributed by atoms with van der Waals surface area (Å²) in [7, 11) is 1.55. The van der Waals surface area contributed by atoms with E-state index in [1.807, 2.05) is 6.92 Å². The Morgan fingerprint density at radius 1 is 1.38 bits per heavy atom. The number of carbonyl (C=O) groups excluding carboxylic acids is 2. The van der Waals surface area contributed by atoms with Crippen LogP contribution in [-0.2, 0) is 9.53 Å². The number of nitrogens with zero attached hydrogens (tertiary/aromatic N) is 2. The predicted octanol–water partition coefficient (Wildman–Crippen LogP) is 0.675. The maximum absolute atomic E-state index is 12.4. The summed E-state index contributed by atoms with van der Waals surface area (Å²) in [4.78, 5) is 27.8. The Kier molecular flexibility index (Phi) is 3.92. The van der Waals surface area contributed by atoms with Crippen molar-refractivity contribution in [2.45, 2.75) is 31.7 Å². The first-order valence-electron chi connectivity index (χ1n) is 7.91. The molecule has 0 aromatic carbocycles. The van der Waals surface area contributed by atoms with E-state index in [4.69, 9.17) is 4.74 Å². The molecule has 6 heteroatoms. The maximum atomic E-state index is 12.4. The molecule has 3 aliphatic rings. The predicted molar refractivity (Wildman–Crippen MR) is 77.8 cm³/mol. The number of likely N-dealkylation sites (tertiary alicyclic amines) is 1. The number of urea groups is 1. The fraction of sp³-hybridized carbons (Fsp3) is 0.867. The molecule has 3 rings (SSSR count). The van der Waals surface area contributed by atoms with E-state index < -0.39 is 5.54 Å². The Balaban J connectivity index is 1.65. The standard InChI is InChI=1S/C15H25N3O3/c1-15(13(19)17(2)14(20)16-15)12-4-3-6-18(9-12)8-11-5-7-21-10-11/h11-12H,3-10H2,1-2H3,(H,16,20)/t11-,12+,15-/m1/s1. The number of rotatable bonds is 3. The van der Waals surface area contributed by atoms with Gasteiger partial charge in [-0.3, -0.25) is 9.69 Å². The molecule has 3 fully saturated rings. The van der Waals surface area contributed by atoms with E-state index in [1.165, 1.54) is 4.90 Å². The van der Waals surface area contributed by atoms with Crippen LogP contribution < -0.4 is 5.32 Å². The lowest BCUT2D eigenvalue weighted by Crippen LogP contribution is -2.56. The van der Waals surface area contributed by atoms with Crippen molar-refractivity contribution in [3.63, 3.8) is 0 Å². The third-order valence-electron chi connectivity index (χ3n) is 5.28. The second-order valence-electron chi connectivity index (χ2n) is 6.83. The third kappa shape index (κ3) is 2.66. The molecular formula is C15H25N3O3. The minimum Gasteiger partial charge on any atom is -0.381 e. The zero-order chi connectivity index (χ0) is 15.0.